The molecular weight excluding hydrogens is 362 g/mol. The van der Waals surface area contributed by atoms with Crippen molar-refractivity contribution in [3.8, 4) is 0 Å². The standard InChI is InChI=1S/C17H21NO7S/c1-5-24-15(20)14-17(12(4)19,16(21)25-6-2)18(14)26(22,23)13-9-7-11(3)8-10-13/h7-10,14H,5-6H2,1-4H3. The lowest BCUT2D eigenvalue weighted by Crippen LogP contribution is -2.41. The summed E-state index contributed by atoms with van der Waals surface area (Å²) < 4.78 is 36.4. The van der Waals surface area contributed by atoms with Crippen molar-refractivity contribution in [1.29, 1.82) is 0 Å². The molecule has 0 bridgehead atoms. The number of aryl methyl sites for hydroxylation is 1. The number of ketones is 1. The van der Waals surface area contributed by atoms with Crippen LogP contribution in [-0.4, -0.2) is 55.2 Å². The Morgan fingerprint density at radius 2 is 1.62 bits per heavy atom. The number of carbonyl (C=O) groups excluding carboxylic acids is 3. The van der Waals surface area contributed by atoms with Gasteiger partial charge >= 0.3 is 11.9 Å². The highest BCUT2D eigenvalue weighted by atomic mass is 32.2. The van der Waals surface area contributed by atoms with Gasteiger partial charge in [-0.15, -0.1) is 0 Å². The molecule has 3 atom stereocenters. The van der Waals surface area contributed by atoms with Gasteiger partial charge in [0.05, 0.1) is 18.1 Å². The first-order valence-corrected chi connectivity index (χ1v) is 9.55. The van der Waals surface area contributed by atoms with Crippen LogP contribution in [0.3, 0.4) is 0 Å². The van der Waals surface area contributed by atoms with E-state index in [0.29, 0.717) is 4.31 Å². The summed E-state index contributed by atoms with van der Waals surface area (Å²) in [6, 6.07) is 4.28. The lowest BCUT2D eigenvalue weighted by molar-refractivity contribution is -0.152. The van der Waals surface area contributed by atoms with E-state index >= 15 is 0 Å². The van der Waals surface area contributed by atoms with Crippen LogP contribution in [-0.2, 0) is 33.9 Å². The van der Waals surface area contributed by atoms with Gasteiger partial charge in [-0.05, 0) is 39.8 Å². The van der Waals surface area contributed by atoms with Gasteiger partial charge in [-0.1, -0.05) is 17.7 Å². The zero-order valence-corrected chi connectivity index (χ0v) is 15.8. The van der Waals surface area contributed by atoms with Crippen LogP contribution in [0.2, 0.25) is 0 Å². The molecule has 0 amide bonds. The number of hydrogen-bond donors (Lipinski definition) is 0. The van der Waals surface area contributed by atoms with Crippen molar-refractivity contribution >= 4 is 27.7 Å². The van der Waals surface area contributed by atoms with Crippen molar-refractivity contribution in [2.24, 2.45) is 0 Å². The highest BCUT2D eigenvalue weighted by molar-refractivity contribution is 7.89. The summed E-state index contributed by atoms with van der Waals surface area (Å²) in [6.07, 6.45) is 0. The summed E-state index contributed by atoms with van der Waals surface area (Å²) in [5.74, 6) is -2.85. The van der Waals surface area contributed by atoms with Crippen LogP contribution < -0.4 is 0 Å². The van der Waals surface area contributed by atoms with E-state index in [1.54, 1.807) is 26.0 Å². The summed E-state index contributed by atoms with van der Waals surface area (Å²) in [7, 11) is -4.30. The Morgan fingerprint density at radius 3 is 2.08 bits per heavy atom. The van der Waals surface area contributed by atoms with E-state index in [1.807, 2.05) is 0 Å². The zero-order valence-electron chi connectivity index (χ0n) is 15.0. The average molecular weight is 383 g/mol. The van der Waals surface area contributed by atoms with E-state index in [0.717, 1.165) is 12.5 Å². The molecule has 1 heterocycles. The van der Waals surface area contributed by atoms with Crippen molar-refractivity contribution < 1.29 is 32.3 Å². The third-order valence-electron chi connectivity index (χ3n) is 4.12. The third kappa shape index (κ3) is 3.01. The summed E-state index contributed by atoms with van der Waals surface area (Å²) >= 11 is 0. The molecule has 0 spiro atoms. The predicted octanol–water partition coefficient (Wildman–Crippen LogP) is 0.822. The van der Waals surface area contributed by atoms with Crippen molar-refractivity contribution in [1.82, 2.24) is 4.31 Å². The molecule has 1 fully saturated rings. The number of benzene rings is 1. The molecule has 0 radical (unpaired) electrons. The van der Waals surface area contributed by atoms with E-state index in [2.05, 4.69) is 0 Å². The molecule has 1 aromatic rings. The fourth-order valence-electron chi connectivity index (χ4n) is 2.84. The summed E-state index contributed by atoms with van der Waals surface area (Å²) in [6.45, 7) is 5.80. The molecular formula is C17H21NO7S. The molecule has 26 heavy (non-hydrogen) atoms. The minimum absolute atomic E-state index is 0.0233. The largest absolute Gasteiger partial charge is 0.465 e. The highest BCUT2D eigenvalue weighted by Crippen LogP contribution is 2.48. The van der Waals surface area contributed by atoms with E-state index in [4.69, 9.17) is 9.47 Å². The first kappa shape index (κ1) is 20.1. The normalized spacial score (nSPS) is 24.6. The molecule has 3 unspecified atom stereocenters. The van der Waals surface area contributed by atoms with Gasteiger partial charge in [-0.2, -0.15) is 4.31 Å². The Morgan fingerprint density at radius 1 is 1.08 bits per heavy atom. The second kappa shape index (κ2) is 7.16. The van der Waals surface area contributed by atoms with Gasteiger partial charge in [-0.25, -0.2) is 13.2 Å². The van der Waals surface area contributed by atoms with E-state index in [9.17, 15) is 22.8 Å². The first-order chi connectivity index (χ1) is 12.1. The number of ether oxygens (including phenoxy) is 2. The van der Waals surface area contributed by atoms with Crippen LogP contribution in [0.25, 0.3) is 0 Å². The maximum Gasteiger partial charge on any atom is 0.337 e. The second-order valence-electron chi connectivity index (χ2n) is 5.81. The van der Waals surface area contributed by atoms with Crippen LogP contribution in [0.5, 0.6) is 0 Å². The molecule has 1 saturated heterocycles. The number of sulfonamides is 1. The molecule has 1 aliphatic rings. The number of rotatable bonds is 7. The maximum atomic E-state index is 13.0. The van der Waals surface area contributed by atoms with Crippen LogP contribution in [0, 0.1) is 6.92 Å². The van der Waals surface area contributed by atoms with Gasteiger partial charge in [0.1, 0.15) is 0 Å². The summed E-state index contributed by atoms with van der Waals surface area (Å²) in [5.41, 5.74) is -1.40. The lowest BCUT2D eigenvalue weighted by atomic mass is 10.0. The Kier molecular flexibility index (Phi) is 5.52. The van der Waals surface area contributed by atoms with Crippen molar-refractivity contribution in [2.45, 2.75) is 44.2 Å². The Bertz CT molecular complexity index is 831. The molecule has 1 aliphatic heterocycles. The highest BCUT2D eigenvalue weighted by Gasteiger charge is 2.81. The minimum Gasteiger partial charge on any atom is -0.465 e. The monoisotopic (exact) mass is 383 g/mol. The number of nitrogens with zero attached hydrogens (tertiary/aromatic N) is 1. The van der Waals surface area contributed by atoms with Crippen molar-refractivity contribution in [3.05, 3.63) is 29.8 Å². The molecule has 0 N–H and O–H groups in total. The SMILES string of the molecule is CCOC(=O)C1N(S(=O)(=O)c2ccc(C)cc2)C1(C(C)=O)C(=O)OCC. The maximum absolute atomic E-state index is 13.0. The van der Waals surface area contributed by atoms with Crippen LogP contribution in [0.1, 0.15) is 26.3 Å². The fraction of sp³-hybridized carbons (Fsp3) is 0.471. The molecule has 142 valence electrons. The molecule has 8 nitrogen and oxygen atoms in total. The van der Waals surface area contributed by atoms with Crippen LogP contribution in [0.4, 0.5) is 0 Å². The smallest absolute Gasteiger partial charge is 0.337 e. The van der Waals surface area contributed by atoms with Crippen LogP contribution in [0.15, 0.2) is 29.2 Å². The Hall–Kier alpha value is -2.26. The molecule has 0 aromatic heterocycles. The third-order valence-corrected chi connectivity index (χ3v) is 6.01. The van der Waals surface area contributed by atoms with Crippen molar-refractivity contribution in [3.63, 3.8) is 0 Å². The Labute approximate surface area is 152 Å². The van der Waals surface area contributed by atoms with Gasteiger partial charge in [-0.3, -0.25) is 9.59 Å². The number of hydrogen-bond acceptors (Lipinski definition) is 7. The fourth-order valence-corrected chi connectivity index (χ4v) is 4.70. The van der Waals surface area contributed by atoms with Crippen LogP contribution >= 0.6 is 0 Å². The van der Waals surface area contributed by atoms with Gasteiger partial charge in [0.25, 0.3) is 0 Å². The molecule has 0 aliphatic carbocycles. The van der Waals surface area contributed by atoms with E-state index in [-0.39, 0.29) is 18.1 Å². The van der Waals surface area contributed by atoms with Gasteiger partial charge in [0, 0.05) is 0 Å². The van der Waals surface area contributed by atoms with E-state index < -0.39 is 39.3 Å². The molecule has 9 heteroatoms. The van der Waals surface area contributed by atoms with Gasteiger partial charge in [0.2, 0.25) is 15.6 Å². The number of carbonyl (C=O) groups is 3. The van der Waals surface area contributed by atoms with Crippen molar-refractivity contribution in [2.75, 3.05) is 13.2 Å². The number of esters is 2. The average Bonchev–Trinajstić information content (AvgIpc) is 3.28. The van der Waals surface area contributed by atoms with Gasteiger partial charge < -0.3 is 9.47 Å². The zero-order chi connectivity index (χ0) is 19.7. The first-order valence-electron chi connectivity index (χ1n) is 8.11. The quantitative estimate of drug-likeness (QED) is 0.390. The summed E-state index contributed by atoms with van der Waals surface area (Å²) in [5, 5.41) is 0. The van der Waals surface area contributed by atoms with Gasteiger partial charge in [0.15, 0.2) is 11.8 Å². The molecule has 0 saturated carbocycles. The van der Waals surface area contributed by atoms with E-state index in [1.165, 1.54) is 19.1 Å². The lowest BCUT2D eigenvalue weighted by Gasteiger charge is -2.13. The second-order valence-corrected chi connectivity index (χ2v) is 7.63. The summed E-state index contributed by atoms with van der Waals surface area (Å²) in [4.78, 5) is 36.9. The molecule has 2 rings (SSSR count). The predicted molar refractivity (Wildman–Crippen MR) is 90.7 cm³/mol. The minimum atomic E-state index is -4.30. The molecule has 1 aromatic carbocycles. The number of Topliss-reactive ketones (excluding diaryl/α,β-unsaturated/α-hetero) is 1. The Balaban J connectivity index is 2.58. The topological polar surface area (TPSA) is 107 Å².